The molecule has 0 aromatic heterocycles. The minimum absolute atomic E-state index is 0.0362. The van der Waals surface area contributed by atoms with E-state index in [0.29, 0.717) is 23.0 Å². The van der Waals surface area contributed by atoms with E-state index in [1.165, 1.54) is 0 Å². The van der Waals surface area contributed by atoms with Crippen LogP contribution in [0.3, 0.4) is 0 Å². The van der Waals surface area contributed by atoms with Crippen LogP contribution in [0.15, 0.2) is 18.2 Å². The highest BCUT2D eigenvalue weighted by Gasteiger charge is 2.30. The molecule has 3 nitrogen and oxygen atoms in total. The maximum absolute atomic E-state index is 12.1. The summed E-state index contributed by atoms with van der Waals surface area (Å²) in [5, 5.41) is 7.16. The van der Waals surface area contributed by atoms with Gasteiger partial charge in [-0.3, -0.25) is 4.79 Å². The average Bonchev–Trinajstić information content (AvgIpc) is 2.45. The normalized spacial score (nSPS) is 11.4. The number of hydrogen-bond acceptors (Lipinski definition) is 2. The molecule has 112 valence electrons. The van der Waals surface area contributed by atoms with Gasteiger partial charge in [0.15, 0.2) is 0 Å². The molecule has 1 rings (SSSR count). The van der Waals surface area contributed by atoms with E-state index in [0.717, 1.165) is 18.4 Å². The molecule has 0 atom stereocenters. The second kappa shape index (κ2) is 7.87. The first-order valence-corrected chi connectivity index (χ1v) is 7.65. The topological polar surface area (TPSA) is 41.1 Å². The maximum atomic E-state index is 12.1. The number of amides is 1. The fourth-order valence-corrected chi connectivity index (χ4v) is 2.57. The lowest BCUT2D eigenvalue weighted by molar-refractivity contribution is -0.123. The number of halogens is 2. The summed E-state index contributed by atoms with van der Waals surface area (Å²) in [5.74, 6) is 0.0362. The molecule has 0 aliphatic rings. The summed E-state index contributed by atoms with van der Waals surface area (Å²) in [5.41, 5.74) is 0.605. The number of benzene rings is 1. The molecule has 0 radical (unpaired) electrons. The van der Waals surface area contributed by atoms with Crippen LogP contribution in [-0.2, 0) is 10.3 Å². The van der Waals surface area contributed by atoms with Gasteiger partial charge in [-0.1, -0.05) is 43.1 Å². The molecule has 0 aliphatic heterocycles. The SMILES string of the molecule is CCC(CC)(NC(=O)CCNC)c1ccc(Cl)c(Cl)c1. The van der Waals surface area contributed by atoms with E-state index in [1.54, 1.807) is 6.07 Å². The molecular weight excluding hydrogens is 295 g/mol. The highest BCUT2D eigenvalue weighted by molar-refractivity contribution is 6.42. The minimum Gasteiger partial charge on any atom is -0.347 e. The van der Waals surface area contributed by atoms with Crippen molar-refractivity contribution in [1.82, 2.24) is 10.6 Å². The van der Waals surface area contributed by atoms with E-state index in [1.807, 2.05) is 19.2 Å². The Bertz CT molecular complexity index is 459. The quantitative estimate of drug-likeness (QED) is 0.804. The van der Waals surface area contributed by atoms with Gasteiger partial charge in [0.05, 0.1) is 15.6 Å². The van der Waals surface area contributed by atoms with Crippen molar-refractivity contribution in [2.45, 2.75) is 38.6 Å². The molecule has 0 saturated heterocycles. The van der Waals surface area contributed by atoms with Crippen molar-refractivity contribution in [3.8, 4) is 0 Å². The lowest BCUT2D eigenvalue weighted by Crippen LogP contribution is -2.45. The van der Waals surface area contributed by atoms with E-state index >= 15 is 0 Å². The van der Waals surface area contributed by atoms with Crippen molar-refractivity contribution in [2.75, 3.05) is 13.6 Å². The van der Waals surface area contributed by atoms with Crippen LogP contribution < -0.4 is 10.6 Å². The summed E-state index contributed by atoms with van der Waals surface area (Å²) in [4.78, 5) is 12.1. The van der Waals surface area contributed by atoms with Gasteiger partial charge in [0.25, 0.3) is 0 Å². The first-order valence-electron chi connectivity index (χ1n) is 6.90. The summed E-state index contributed by atoms with van der Waals surface area (Å²) in [6.45, 7) is 4.78. The van der Waals surface area contributed by atoms with E-state index in [-0.39, 0.29) is 11.4 Å². The van der Waals surface area contributed by atoms with Crippen LogP contribution in [0, 0.1) is 0 Å². The van der Waals surface area contributed by atoms with E-state index in [2.05, 4.69) is 24.5 Å². The summed E-state index contributed by atoms with van der Waals surface area (Å²) in [7, 11) is 1.83. The van der Waals surface area contributed by atoms with Gasteiger partial charge in [0, 0.05) is 13.0 Å². The fourth-order valence-electron chi connectivity index (χ4n) is 2.27. The zero-order valence-corrected chi connectivity index (χ0v) is 13.7. The lowest BCUT2D eigenvalue weighted by atomic mass is 9.84. The van der Waals surface area contributed by atoms with Crippen molar-refractivity contribution in [1.29, 1.82) is 0 Å². The van der Waals surface area contributed by atoms with E-state index < -0.39 is 0 Å². The summed E-state index contributed by atoms with van der Waals surface area (Å²) in [6.07, 6.45) is 2.05. The van der Waals surface area contributed by atoms with Crippen molar-refractivity contribution in [3.05, 3.63) is 33.8 Å². The molecule has 1 aromatic carbocycles. The Kier molecular flexibility index (Phi) is 6.80. The third-order valence-corrected chi connectivity index (χ3v) is 4.40. The minimum atomic E-state index is -0.390. The molecule has 0 bridgehead atoms. The summed E-state index contributed by atoms with van der Waals surface area (Å²) >= 11 is 12.1. The average molecular weight is 317 g/mol. The van der Waals surface area contributed by atoms with Gasteiger partial charge in [0.1, 0.15) is 0 Å². The van der Waals surface area contributed by atoms with E-state index in [4.69, 9.17) is 23.2 Å². The monoisotopic (exact) mass is 316 g/mol. The third kappa shape index (κ3) is 4.11. The van der Waals surface area contributed by atoms with E-state index in [9.17, 15) is 4.79 Å². The van der Waals surface area contributed by atoms with Crippen molar-refractivity contribution < 1.29 is 4.79 Å². The Labute approximate surface area is 131 Å². The molecule has 1 amide bonds. The van der Waals surface area contributed by atoms with Crippen LogP contribution in [0.1, 0.15) is 38.7 Å². The first kappa shape index (κ1) is 17.3. The number of hydrogen-bond donors (Lipinski definition) is 2. The molecular formula is C15H22Cl2N2O. The highest BCUT2D eigenvalue weighted by Crippen LogP contribution is 2.33. The van der Waals surface area contributed by atoms with Crippen molar-refractivity contribution >= 4 is 29.1 Å². The van der Waals surface area contributed by atoms with Crippen LogP contribution in [-0.4, -0.2) is 19.5 Å². The lowest BCUT2D eigenvalue weighted by Gasteiger charge is -2.34. The van der Waals surface area contributed by atoms with Crippen LogP contribution in [0.2, 0.25) is 10.0 Å². The Balaban J connectivity index is 3.01. The summed E-state index contributed by atoms with van der Waals surface area (Å²) in [6, 6.07) is 5.55. The highest BCUT2D eigenvalue weighted by atomic mass is 35.5. The van der Waals surface area contributed by atoms with Gasteiger partial charge in [0.2, 0.25) is 5.91 Å². The van der Waals surface area contributed by atoms with Gasteiger partial charge in [-0.15, -0.1) is 0 Å². The molecule has 1 aromatic rings. The molecule has 0 saturated carbocycles. The Hall–Kier alpha value is -0.770. The molecule has 0 unspecified atom stereocenters. The van der Waals surface area contributed by atoms with Gasteiger partial charge >= 0.3 is 0 Å². The third-order valence-electron chi connectivity index (χ3n) is 3.66. The Morgan fingerprint density at radius 2 is 1.85 bits per heavy atom. The molecule has 2 N–H and O–H groups in total. The predicted octanol–water partition coefficient (Wildman–Crippen LogP) is 3.73. The van der Waals surface area contributed by atoms with Crippen LogP contribution >= 0.6 is 23.2 Å². The van der Waals surface area contributed by atoms with Crippen LogP contribution in [0.5, 0.6) is 0 Å². The fraction of sp³-hybridized carbons (Fsp3) is 0.533. The van der Waals surface area contributed by atoms with Crippen LogP contribution in [0.4, 0.5) is 0 Å². The van der Waals surface area contributed by atoms with Crippen molar-refractivity contribution in [2.24, 2.45) is 0 Å². The molecule has 5 heteroatoms. The zero-order valence-electron chi connectivity index (χ0n) is 12.2. The number of carbonyl (C=O) groups is 1. The second-order valence-electron chi connectivity index (χ2n) is 4.82. The molecule has 0 fully saturated rings. The smallest absolute Gasteiger partial charge is 0.221 e. The van der Waals surface area contributed by atoms with Crippen molar-refractivity contribution in [3.63, 3.8) is 0 Å². The number of rotatable bonds is 7. The number of nitrogens with one attached hydrogen (secondary N) is 2. The Morgan fingerprint density at radius 3 is 2.35 bits per heavy atom. The Morgan fingerprint density at radius 1 is 1.20 bits per heavy atom. The van der Waals surface area contributed by atoms with Gasteiger partial charge < -0.3 is 10.6 Å². The standard InChI is InChI=1S/C15H22Cl2N2O/c1-4-15(5-2,19-14(20)8-9-18-3)11-6-7-12(16)13(17)10-11/h6-7,10,18H,4-5,8-9H2,1-3H3,(H,19,20). The van der Waals surface area contributed by atoms with Crippen LogP contribution in [0.25, 0.3) is 0 Å². The molecule has 0 spiro atoms. The van der Waals surface area contributed by atoms with Gasteiger partial charge in [-0.05, 0) is 37.6 Å². The molecule has 0 heterocycles. The molecule has 0 aliphatic carbocycles. The van der Waals surface area contributed by atoms with Gasteiger partial charge in [-0.25, -0.2) is 0 Å². The largest absolute Gasteiger partial charge is 0.347 e. The summed E-state index contributed by atoms with van der Waals surface area (Å²) < 4.78 is 0. The first-order chi connectivity index (χ1) is 9.49. The second-order valence-corrected chi connectivity index (χ2v) is 5.63. The zero-order chi connectivity index (χ0) is 15.2. The predicted molar refractivity (Wildman–Crippen MR) is 85.4 cm³/mol. The maximum Gasteiger partial charge on any atom is 0.221 e. The number of carbonyl (C=O) groups excluding carboxylic acids is 1. The van der Waals surface area contributed by atoms with Gasteiger partial charge in [-0.2, -0.15) is 0 Å². The molecule has 20 heavy (non-hydrogen) atoms.